The first-order valence-corrected chi connectivity index (χ1v) is 11.4. The molecule has 2 saturated heterocycles. The Morgan fingerprint density at radius 2 is 2.16 bits per heavy atom. The maximum atomic E-state index is 12.2. The molecule has 2 atom stereocenters. The molecule has 0 bridgehead atoms. The minimum atomic E-state index is -3.07. The van der Waals surface area contributed by atoms with E-state index in [1.165, 1.54) is 11.8 Å². The van der Waals surface area contributed by atoms with Crippen molar-refractivity contribution in [2.75, 3.05) is 16.4 Å². The first-order chi connectivity index (χ1) is 11.8. The van der Waals surface area contributed by atoms with Crippen LogP contribution in [0, 0.1) is 6.92 Å². The lowest BCUT2D eigenvalue weighted by atomic mass is 10.1. The van der Waals surface area contributed by atoms with Gasteiger partial charge in [0.1, 0.15) is 0 Å². The van der Waals surface area contributed by atoms with Crippen LogP contribution in [-0.4, -0.2) is 42.3 Å². The van der Waals surface area contributed by atoms with E-state index in [0.717, 1.165) is 24.1 Å². The number of thioether (sulfide) groups is 1. The number of benzene rings is 1. The van der Waals surface area contributed by atoms with Crippen molar-refractivity contribution < 1.29 is 13.2 Å². The summed E-state index contributed by atoms with van der Waals surface area (Å²) in [7, 11) is -3.07. The van der Waals surface area contributed by atoms with Crippen LogP contribution in [-0.2, 0) is 14.6 Å². The summed E-state index contributed by atoms with van der Waals surface area (Å²) in [6.07, 6.45) is 2.15. The van der Waals surface area contributed by atoms with E-state index in [9.17, 15) is 13.2 Å². The number of rotatable bonds is 4. The average Bonchev–Trinajstić information content (AvgIpc) is 2.98. The zero-order chi connectivity index (χ0) is 18.2. The molecule has 2 heterocycles. The largest absolute Gasteiger partial charge is 0.315 e. The van der Waals surface area contributed by atoms with Crippen LogP contribution in [0.1, 0.15) is 31.7 Å². The zero-order valence-electron chi connectivity index (χ0n) is 14.2. The number of amides is 1. The first kappa shape index (κ1) is 18.7. The summed E-state index contributed by atoms with van der Waals surface area (Å²) in [4.78, 5) is 18.4. The van der Waals surface area contributed by atoms with E-state index >= 15 is 0 Å². The minimum Gasteiger partial charge on any atom is -0.315 e. The fourth-order valence-electron chi connectivity index (χ4n) is 3.18. The molecule has 25 heavy (non-hydrogen) atoms. The number of nitrogens with zero attached hydrogens (tertiary/aromatic N) is 2. The Balaban J connectivity index is 1.99. The zero-order valence-corrected chi connectivity index (χ0v) is 16.6. The van der Waals surface area contributed by atoms with Crippen LogP contribution in [0.4, 0.5) is 5.69 Å². The molecule has 0 spiro atoms. The highest BCUT2D eigenvalue weighted by atomic mass is 35.5. The monoisotopic (exact) mass is 400 g/mol. The highest BCUT2D eigenvalue weighted by Crippen LogP contribution is 2.42. The Bertz CT molecular complexity index is 823. The number of hydrogen-bond donors (Lipinski definition) is 0. The molecule has 2 aliphatic heterocycles. The van der Waals surface area contributed by atoms with Crippen LogP contribution < -0.4 is 4.90 Å². The van der Waals surface area contributed by atoms with E-state index in [1.54, 1.807) is 6.07 Å². The molecule has 1 aromatic carbocycles. The molecule has 1 aromatic rings. The van der Waals surface area contributed by atoms with Gasteiger partial charge in [0, 0.05) is 22.4 Å². The van der Waals surface area contributed by atoms with Gasteiger partial charge in [-0.15, -0.1) is 0 Å². The molecule has 3 rings (SSSR count). The van der Waals surface area contributed by atoms with Crippen molar-refractivity contribution in [2.45, 2.75) is 44.4 Å². The van der Waals surface area contributed by atoms with Gasteiger partial charge in [0.05, 0.1) is 17.5 Å². The van der Waals surface area contributed by atoms with Gasteiger partial charge in [0.25, 0.3) is 0 Å². The standard InChI is InChI=1S/C17H21ClN2O3S2/c1-3-4-5-16(21)19-17-20(13-8-12(18)7-6-11(13)2)14-9-25(22,23)10-15(14)24-17/h6-8,14-15H,3-5,9-10H2,1-2H3/t14-,15+/m0/s1. The van der Waals surface area contributed by atoms with Crippen molar-refractivity contribution in [2.24, 2.45) is 4.99 Å². The molecule has 136 valence electrons. The topological polar surface area (TPSA) is 66.8 Å². The number of anilines is 1. The van der Waals surface area contributed by atoms with Gasteiger partial charge in [-0.1, -0.05) is 42.8 Å². The lowest BCUT2D eigenvalue weighted by Gasteiger charge is -2.26. The van der Waals surface area contributed by atoms with Crippen LogP contribution in [0.15, 0.2) is 23.2 Å². The highest BCUT2D eigenvalue weighted by molar-refractivity contribution is 8.16. The maximum absolute atomic E-state index is 12.2. The van der Waals surface area contributed by atoms with Crippen LogP contribution in [0.25, 0.3) is 0 Å². The lowest BCUT2D eigenvalue weighted by molar-refractivity contribution is -0.117. The van der Waals surface area contributed by atoms with E-state index in [0.29, 0.717) is 16.6 Å². The van der Waals surface area contributed by atoms with Crippen LogP contribution in [0.2, 0.25) is 5.02 Å². The molecule has 0 aromatic heterocycles. The lowest BCUT2D eigenvalue weighted by Crippen LogP contribution is -2.38. The summed E-state index contributed by atoms with van der Waals surface area (Å²) < 4.78 is 24.1. The number of carbonyl (C=O) groups excluding carboxylic acids is 1. The Kier molecular flexibility index (Phi) is 5.46. The number of unbranched alkanes of at least 4 members (excludes halogenated alkanes) is 1. The van der Waals surface area contributed by atoms with E-state index in [2.05, 4.69) is 4.99 Å². The molecular weight excluding hydrogens is 380 g/mol. The molecule has 1 amide bonds. The van der Waals surface area contributed by atoms with Gasteiger partial charge in [-0.05, 0) is 31.0 Å². The number of amidine groups is 1. The Hall–Kier alpha value is -1.05. The summed E-state index contributed by atoms with van der Waals surface area (Å²) in [6.45, 7) is 3.98. The molecule has 5 nitrogen and oxygen atoms in total. The van der Waals surface area contributed by atoms with Crippen LogP contribution in [0.3, 0.4) is 0 Å². The van der Waals surface area contributed by atoms with Crippen molar-refractivity contribution >= 4 is 50.0 Å². The second-order valence-corrected chi connectivity index (χ2v) is 10.3. The quantitative estimate of drug-likeness (QED) is 0.774. The third-order valence-corrected chi connectivity index (χ3v) is 7.91. The molecular formula is C17H21ClN2O3S2. The van der Waals surface area contributed by atoms with E-state index < -0.39 is 9.84 Å². The Morgan fingerprint density at radius 3 is 2.88 bits per heavy atom. The predicted molar refractivity (Wildman–Crippen MR) is 104 cm³/mol. The van der Waals surface area contributed by atoms with Crippen LogP contribution in [0.5, 0.6) is 0 Å². The van der Waals surface area contributed by atoms with E-state index in [4.69, 9.17) is 11.6 Å². The highest BCUT2D eigenvalue weighted by Gasteiger charge is 2.49. The Morgan fingerprint density at radius 1 is 1.40 bits per heavy atom. The van der Waals surface area contributed by atoms with Gasteiger partial charge in [0.15, 0.2) is 15.0 Å². The van der Waals surface area contributed by atoms with Crippen molar-refractivity contribution in [1.82, 2.24) is 0 Å². The summed E-state index contributed by atoms with van der Waals surface area (Å²) in [6, 6.07) is 5.31. The predicted octanol–water partition coefficient (Wildman–Crippen LogP) is 3.44. The van der Waals surface area contributed by atoms with Crippen molar-refractivity contribution in [3.05, 3.63) is 28.8 Å². The second-order valence-electron chi connectivity index (χ2n) is 6.49. The van der Waals surface area contributed by atoms with Gasteiger partial charge in [-0.25, -0.2) is 8.42 Å². The number of aliphatic imine (C=N–C) groups is 1. The Labute approximate surface area is 157 Å². The molecule has 0 aliphatic carbocycles. The number of carbonyl (C=O) groups is 1. The molecule has 2 aliphatic rings. The second kappa shape index (κ2) is 7.29. The summed E-state index contributed by atoms with van der Waals surface area (Å²) in [5.74, 6) is 0.0521. The smallest absolute Gasteiger partial charge is 0.248 e. The molecule has 2 fully saturated rings. The van der Waals surface area contributed by atoms with Gasteiger partial charge < -0.3 is 4.90 Å². The fourth-order valence-corrected chi connectivity index (χ4v) is 7.27. The first-order valence-electron chi connectivity index (χ1n) is 8.34. The van der Waals surface area contributed by atoms with Crippen molar-refractivity contribution in [1.29, 1.82) is 0 Å². The molecule has 0 unspecified atom stereocenters. The molecule has 8 heteroatoms. The van der Waals surface area contributed by atoms with Gasteiger partial charge in [0.2, 0.25) is 5.91 Å². The number of fused-ring (bicyclic) bond motifs is 1. The number of sulfone groups is 1. The number of halogens is 1. The fraction of sp³-hybridized carbons (Fsp3) is 0.529. The molecule has 0 N–H and O–H groups in total. The van der Waals surface area contributed by atoms with E-state index in [-0.39, 0.29) is 28.7 Å². The normalized spacial score (nSPS) is 26.2. The van der Waals surface area contributed by atoms with Crippen LogP contribution >= 0.6 is 23.4 Å². The third-order valence-electron chi connectivity index (χ3n) is 4.46. The summed E-state index contributed by atoms with van der Waals surface area (Å²) in [5.41, 5.74) is 1.80. The average molecular weight is 401 g/mol. The number of aryl methyl sites for hydroxylation is 1. The van der Waals surface area contributed by atoms with E-state index in [1.807, 2.05) is 30.9 Å². The van der Waals surface area contributed by atoms with Gasteiger partial charge in [-0.3, -0.25) is 4.79 Å². The van der Waals surface area contributed by atoms with Gasteiger partial charge in [-0.2, -0.15) is 4.99 Å². The molecule has 0 saturated carbocycles. The summed E-state index contributed by atoms with van der Waals surface area (Å²) in [5, 5.41) is 1.07. The molecule has 0 radical (unpaired) electrons. The number of hydrogen-bond acceptors (Lipinski definition) is 4. The van der Waals surface area contributed by atoms with Crippen molar-refractivity contribution in [3.8, 4) is 0 Å². The van der Waals surface area contributed by atoms with Crippen molar-refractivity contribution in [3.63, 3.8) is 0 Å². The maximum Gasteiger partial charge on any atom is 0.248 e. The van der Waals surface area contributed by atoms with Gasteiger partial charge >= 0.3 is 0 Å². The SMILES string of the molecule is CCCCC(=O)N=C1S[C@@H]2CS(=O)(=O)C[C@@H]2N1c1cc(Cl)ccc1C. The minimum absolute atomic E-state index is 0.0821. The summed E-state index contributed by atoms with van der Waals surface area (Å²) >= 11 is 7.55. The third kappa shape index (κ3) is 4.04.